The van der Waals surface area contributed by atoms with Crippen molar-refractivity contribution >= 4 is 17.7 Å². The van der Waals surface area contributed by atoms with Crippen LogP contribution in [0, 0.1) is 11.3 Å². The Kier molecular flexibility index (Phi) is 5.89. The number of nitrogens with zero attached hydrogens (tertiary/aromatic N) is 1. The number of nitrogens with one attached hydrogen (secondary N) is 1. The first-order valence-electron chi connectivity index (χ1n) is 6.09. The van der Waals surface area contributed by atoms with Gasteiger partial charge in [0.1, 0.15) is 5.75 Å². The third-order valence-corrected chi connectivity index (χ3v) is 2.50. The van der Waals surface area contributed by atoms with Crippen LogP contribution in [-0.2, 0) is 14.3 Å². The predicted octanol–water partition coefficient (Wildman–Crippen LogP) is 0.429. The largest absolute Gasteiger partial charge is 0.496 e. The van der Waals surface area contributed by atoms with E-state index in [9.17, 15) is 14.4 Å². The topological polar surface area (TPSA) is 105 Å². The molecule has 21 heavy (non-hydrogen) atoms. The number of hydrogen-bond acceptors (Lipinski definition) is 6. The summed E-state index contributed by atoms with van der Waals surface area (Å²) in [5, 5.41) is 11.0. The molecule has 110 valence electrons. The van der Waals surface area contributed by atoms with Crippen LogP contribution in [0.4, 0.5) is 0 Å². The highest BCUT2D eigenvalue weighted by molar-refractivity contribution is 6.32. The van der Waals surface area contributed by atoms with Crippen LogP contribution in [0.1, 0.15) is 22.8 Å². The van der Waals surface area contributed by atoms with Gasteiger partial charge in [0.2, 0.25) is 0 Å². The number of rotatable bonds is 5. The van der Waals surface area contributed by atoms with E-state index in [0.29, 0.717) is 0 Å². The summed E-state index contributed by atoms with van der Waals surface area (Å²) in [4.78, 5) is 34.4. The van der Waals surface area contributed by atoms with Gasteiger partial charge in [-0.2, -0.15) is 5.26 Å². The summed E-state index contributed by atoms with van der Waals surface area (Å²) in [6.07, 6.45) is 0. The maximum atomic E-state index is 12.0. The molecule has 0 heterocycles. The predicted molar refractivity (Wildman–Crippen MR) is 71.7 cm³/mol. The molecule has 0 aromatic heterocycles. The highest BCUT2D eigenvalue weighted by atomic mass is 16.5. The zero-order chi connectivity index (χ0) is 15.8. The molecule has 0 unspecified atom stereocenters. The Labute approximate surface area is 121 Å². The smallest absolute Gasteiger partial charge is 0.396 e. The molecule has 0 fully saturated rings. The Morgan fingerprint density at radius 3 is 2.62 bits per heavy atom. The number of Topliss-reactive ketones (excluding diaryl/α,β-unsaturated/α-hetero) is 1. The molecule has 0 aliphatic heterocycles. The lowest BCUT2D eigenvalue weighted by Gasteiger charge is -2.08. The van der Waals surface area contributed by atoms with Gasteiger partial charge in [-0.1, -0.05) is 0 Å². The Hall–Kier alpha value is -2.88. The molecular formula is C14H14N2O5. The molecule has 1 aromatic carbocycles. The first kappa shape index (κ1) is 16.2. The van der Waals surface area contributed by atoms with E-state index in [1.807, 2.05) is 6.07 Å². The van der Waals surface area contributed by atoms with Crippen LogP contribution in [0.3, 0.4) is 0 Å². The molecule has 7 heteroatoms. The van der Waals surface area contributed by atoms with Crippen LogP contribution in [0.5, 0.6) is 5.75 Å². The summed E-state index contributed by atoms with van der Waals surface area (Å²) in [7, 11) is 1.38. The van der Waals surface area contributed by atoms with Crippen LogP contribution in [0.25, 0.3) is 0 Å². The maximum absolute atomic E-state index is 12.0. The Balaban J connectivity index is 2.78. The molecule has 0 saturated carbocycles. The average Bonchev–Trinajstić information content (AvgIpc) is 2.51. The SMILES string of the molecule is CCOC(=O)C(=O)NCC(=O)c1cc(C#N)ccc1OC. The molecule has 0 bridgehead atoms. The molecule has 0 atom stereocenters. The Morgan fingerprint density at radius 2 is 2.05 bits per heavy atom. The van der Waals surface area contributed by atoms with Gasteiger partial charge in [0.05, 0.1) is 37.5 Å². The first-order valence-corrected chi connectivity index (χ1v) is 6.09. The lowest BCUT2D eigenvalue weighted by Crippen LogP contribution is -2.36. The van der Waals surface area contributed by atoms with Crippen LogP contribution in [0.2, 0.25) is 0 Å². The van der Waals surface area contributed by atoms with Crippen molar-refractivity contribution in [1.82, 2.24) is 5.32 Å². The summed E-state index contributed by atoms with van der Waals surface area (Å²) in [5.74, 6) is -2.25. The number of benzene rings is 1. The van der Waals surface area contributed by atoms with E-state index in [2.05, 4.69) is 10.1 Å². The third kappa shape index (κ3) is 4.31. The molecule has 1 N–H and O–H groups in total. The zero-order valence-electron chi connectivity index (χ0n) is 11.6. The summed E-state index contributed by atoms with van der Waals surface area (Å²) in [5.41, 5.74) is 0.441. The van der Waals surface area contributed by atoms with Crippen LogP contribution in [-0.4, -0.2) is 37.9 Å². The second kappa shape index (κ2) is 7.65. The number of nitriles is 1. The minimum Gasteiger partial charge on any atom is -0.496 e. The zero-order valence-corrected chi connectivity index (χ0v) is 11.6. The second-order valence-corrected chi connectivity index (χ2v) is 3.85. The van der Waals surface area contributed by atoms with E-state index in [-0.39, 0.29) is 23.5 Å². The molecule has 1 rings (SSSR count). The van der Waals surface area contributed by atoms with Gasteiger partial charge in [-0.25, -0.2) is 4.79 Å². The van der Waals surface area contributed by atoms with Crippen LogP contribution in [0.15, 0.2) is 18.2 Å². The van der Waals surface area contributed by atoms with Crippen molar-refractivity contribution in [3.63, 3.8) is 0 Å². The monoisotopic (exact) mass is 290 g/mol. The molecule has 7 nitrogen and oxygen atoms in total. The fourth-order valence-electron chi connectivity index (χ4n) is 1.52. The third-order valence-electron chi connectivity index (χ3n) is 2.50. The molecular weight excluding hydrogens is 276 g/mol. The summed E-state index contributed by atoms with van der Waals surface area (Å²) in [6, 6.07) is 6.25. The Morgan fingerprint density at radius 1 is 1.33 bits per heavy atom. The number of methoxy groups -OCH3 is 1. The first-order chi connectivity index (χ1) is 10.0. The van der Waals surface area contributed by atoms with E-state index in [1.165, 1.54) is 25.3 Å². The fourth-order valence-corrected chi connectivity index (χ4v) is 1.52. The van der Waals surface area contributed by atoms with Gasteiger partial charge in [0.25, 0.3) is 0 Å². The van der Waals surface area contributed by atoms with Gasteiger partial charge in [-0.15, -0.1) is 0 Å². The van der Waals surface area contributed by atoms with Crippen molar-refractivity contribution in [2.45, 2.75) is 6.92 Å². The number of carbonyl (C=O) groups is 3. The van der Waals surface area contributed by atoms with Crippen LogP contribution >= 0.6 is 0 Å². The number of hydrogen-bond donors (Lipinski definition) is 1. The van der Waals surface area contributed by atoms with Gasteiger partial charge in [0, 0.05) is 0 Å². The van der Waals surface area contributed by atoms with E-state index in [4.69, 9.17) is 10.00 Å². The van der Waals surface area contributed by atoms with E-state index in [1.54, 1.807) is 6.92 Å². The van der Waals surface area contributed by atoms with Gasteiger partial charge in [-0.05, 0) is 25.1 Å². The average molecular weight is 290 g/mol. The second-order valence-electron chi connectivity index (χ2n) is 3.85. The number of amides is 1. The van der Waals surface area contributed by atoms with Crippen LogP contribution < -0.4 is 10.1 Å². The van der Waals surface area contributed by atoms with Crippen molar-refractivity contribution in [2.24, 2.45) is 0 Å². The number of ketones is 1. The van der Waals surface area contributed by atoms with Crippen molar-refractivity contribution in [3.05, 3.63) is 29.3 Å². The molecule has 0 radical (unpaired) electrons. The van der Waals surface area contributed by atoms with Crippen molar-refractivity contribution in [3.8, 4) is 11.8 Å². The summed E-state index contributed by atoms with van der Waals surface area (Å²) >= 11 is 0. The quantitative estimate of drug-likeness (QED) is 0.479. The highest BCUT2D eigenvalue weighted by Crippen LogP contribution is 2.19. The normalized spacial score (nSPS) is 9.38. The van der Waals surface area contributed by atoms with Crippen molar-refractivity contribution < 1.29 is 23.9 Å². The van der Waals surface area contributed by atoms with Gasteiger partial charge < -0.3 is 14.8 Å². The number of ether oxygens (including phenoxy) is 2. The van der Waals surface area contributed by atoms with E-state index in [0.717, 1.165) is 0 Å². The minimum absolute atomic E-state index is 0.0677. The fraction of sp³-hybridized carbons (Fsp3) is 0.286. The molecule has 1 amide bonds. The van der Waals surface area contributed by atoms with E-state index >= 15 is 0 Å². The molecule has 0 saturated heterocycles. The molecule has 0 aliphatic carbocycles. The Bertz CT molecular complexity index is 604. The maximum Gasteiger partial charge on any atom is 0.396 e. The summed E-state index contributed by atoms with van der Waals surface area (Å²) in [6.45, 7) is 1.23. The number of carbonyl (C=O) groups excluding carboxylic acids is 3. The van der Waals surface area contributed by atoms with Crippen molar-refractivity contribution in [2.75, 3.05) is 20.3 Å². The van der Waals surface area contributed by atoms with E-state index < -0.39 is 24.2 Å². The summed E-state index contributed by atoms with van der Waals surface area (Å²) < 4.78 is 9.52. The highest BCUT2D eigenvalue weighted by Gasteiger charge is 2.18. The molecule has 0 spiro atoms. The molecule has 1 aromatic rings. The standard InChI is InChI=1S/C14H14N2O5/c1-3-21-14(19)13(18)16-8-11(17)10-6-9(7-15)4-5-12(10)20-2/h4-6H,3,8H2,1-2H3,(H,16,18). The minimum atomic E-state index is -1.05. The lowest BCUT2D eigenvalue weighted by atomic mass is 10.1. The number of esters is 1. The van der Waals surface area contributed by atoms with Crippen molar-refractivity contribution in [1.29, 1.82) is 5.26 Å². The lowest BCUT2D eigenvalue weighted by molar-refractivity contribution is -0.154. The van der Waals surface area contributed by atoms with Gasteiger partial charge in [-0.3, -0.25) is 9.59 Å². The van der Waals surface area contributed by atoms with Gasteiger partial charge >= 0.3 is 11.9 Å². The molecule has 0 aliphatic rings. The van der Waals surface area contributed by atoms with Gasteiger partial charge in [0.15, 0.2) is 5.78 Å².